The molecule has 21 heavy (non-hydrogen) atoms. The van der Waals surface area contributed by atoms with Crippen molar-refractivity contribution in [1.29, 1.82) is 0 Å². The summed E-state index contributed by atoms with van der Waals surface area (Å²) in [5.74, 6) is -0.249. The van der Waals surface area contributed by atoms with E-state index >= 15 is 0 Å². The van der Waals surface area contributed by atoms with Gasteiger partial charge in [-0.3, -0.25) is 0 Å². The normalized spacial score (nSPS) is 11.8. The highest BCUT2D eigenvalue weighted by Gasteiger charge is 2.19. The lowest BCUT2D eigenvalue weighted by Crippen LogP contribution is -2.27. The van der Waals surface area contributed by atoms with Crippen LogP contribution < -0.4 is 4.72 Å². The summed E-state index contributed by atoms with van der Waals surface area (Å²) < 4.78 is 41.7. The van der Waals surface area contributed by atoms with Crippen molar-refractivity contribution >= 4 is 10.0 Å². The first kappa shape index (κ1) is 15.5. The number of halogens is 1. The van der Waals surface area contributed by atoms with Crippen LogP contribution in [0.1, 0.15) is 11.4 Å². The highest BCUT2D eigenvalue weighted by atomic mass is 32.2. The fourth-order valence-corrected chi connectivity index (χ4v) is 2.92. The smallest absolute Gasteiger partial charge is 0.243 e. The molecule has 0 aliphatic carbocycles. The average Bonchev–Trinajstić information content (AvgIpc) is 2.84. The second-order valence-corrected chi connectivity index (χ2v) is 6.16. The summed E-state index contributed by atoms with van der Waals surface area (Å²) in [7, 11) is -2.24. The zero-order valence-electron chi connectivity index (χ0n) is 11.3. The summed E-state index contributed by atoms with van der Waals surface area (Å²) in [5.41, 5.74) is 0.324. The molecule has 0 fully saturated rings. The van der Waals surface area contributed by atoms with Crippen molar-refractivity contribution in [2.45, 2.75) is 17.9 Å². The molecule has 114 valence electrons. The number of aryl methyl sites for hydroxylation is 1. The second-order valence-electron chi connectivity index (χ2n) is 4.43. The van der Waals surface area contributed by atoms with E-state index in [1.807, 2.05) is 0 Å². The molecule has 0 bridgehead atoms. The summed E-state index contributed by atoms with van der Waals surface area (Å²) in [4.78, 5) is -0.480. The Morgan fingerprint density at radius 2 is 2.19 bits per heavy atom. The maximum absolute atomic E-state index is 13.6. The van der Waals surface area contributed by atoms with Gasteiger partial charge >= 0.3 is 0 Å². The minimum atomic E-state index is -3.98. The third-order valence-electron chi connectivity index (χ3n) is 2.91. The molecule has 0 aliphatic rings. The van der Waals surface area contributed by atoms with Gasteiger partial charge in [-0.2, -0.15) is 0 Å². The first-order valence-corrected chi connectivity index (χ1v) is 7.64. The number of hydrogen-bond acceptors (Lipinski definition) is 5. The van der Waals surface area contributed by atoms with Gasteiger partial charge in [0.2, 0.25) is 10.0 Å². The first-order chi connectivity index (χ1) is 9.94. The van der Waals surface area contributed by atoms with Gasteiger partial charge in [0, 0.05) is 20.0 Å². The van der Waals surface area contributed by atoms with Gasteiger partial charge in [0.25, 0.3) is 0 Å². The van der Waals surface area contributed by atoms with E-state index in [1.54, 1.807) is 11.6 Å². The SMILES string of the molecule is Cn1cnnc1CCNS(=O)(=O)c1cc(CO)ccc1F. The van der Waals surface area contributed by atoms with E-state index in [4.69, 9.17) is 5.11 Å². The molecule has 0 amide bonds. The maximum Gasteiger partial charge on any atom is 0.243 e. The van der Waals surface area contributed by atoms with Gasteiger partial charge < -0.3 is 9.67 Å². The van der Waals surface area contributed by atoms with E-state index in [9.17, 15) is 12.8 Å². The molecule has 0 unspecified atom stereocenters. The van der Waals surface area contributed by atoms with Crippen LogP contribution in [0.25, 0.3) is 0 Å². The van der Waals surface area contributed by atoms with Crippen molar-refractivity contribution in [3.63, 3.8) is 0 Å². The lowest BCUT2D eigenvalue weighted by atomic mass is 10.2. The molecule has 0 atom stereocenters. The third kappa shape index (κ3) is 3.63. The predicted octanol–water partition coefficient (Wildman–Crippen LogP) is -0.0325. The van der Waals surface area contributed by atoms with Gasteiger partial charge in [-0.25, -0.2) is 17.5 Å². The largest absolute Gasteiger partial charge is 0.392 e. The van der Waals surface area contributed by atoms with Gasteiger partial charge in [-0.05, 0) is 17.7 Å². The zero-order valence-corrected chi connectivity index (χ0v) is 12.1. The Kier molecular flexibility index (Phi) is 4.66. The number of sulfonamides is 1. The van der Waals surface area contributed by atoms with Crippen molar-refractivity contribution in [1.82, 2.24) is 19.5 Å². The van der Waals surface area contributed by atoms with E-state index in [-0.39, 0.29) is 13.2 Å². The molecule has 2 N–H and O–H groups in total. The number of aliphatic hydroxyl groups excluding tert-OH is 1. The lowest BCUT2D eigenvalue weighted by Gasteiger charge is -2.08. The fraction of sp³-hybridized carbons (Fsp3) is 0.333. The van der Waals surface area contributed by atoms with Gasteiger partial charge in [0.05, 0.1) is 6.61 Å². The highest BCUT2D eigenvalue weighted by molar-refractivity contribution is 7.89. The van der Waals surface area contributed by atoms with Crippen LogP contribution in [0, 0.1) is 5.82 Å². The van der Waals surface area contributed by atoms with Crippen LogP contribution in [0.5, 0.6) is 0 Å². The summed E-state index contributed by atoms with van der Waals surface area (Å²) in [6.07, 6.45) is 1.84. The minimum Gasteiger partial charge on any atom is -0.392 e. The molecular weight excluding hydrogens is 299 g/mol. The standard InChI is InChI=1S/C12H15FN4O3S/c1-17-8-14-16-12(17)4-5-15-21(19,20)11-6-9(7-18)2-3-10(11)13/h2-3,6,8,15,18H,4-5,7H2,1H3. The van der Waals surface area contributed by atoms with E-state index in [0.29, 0.717) is 17.8 Å². The van der Waals surface area contributed by atoms with Crippen molar-refractivity contribution in [2.24, 2.45) is 7.05 Å². The zero-order chi connectivity index (χ0) is 15.5. The van der Waals surface area contributed by atoms with Crippen molar-refractivity contribution in [2.75, 3.05) is 6.54 Å². The number of aliphatic hydroxyl groups is 1. The number of rotatable bonds is 6. The van der Waals surface area contributed by atoms with Gasteiger partial charge in [0.1, 0.15) is 22.9 Å². The van der Waals surface area contributed by atoms with E-state index in [0.717, 1.165) is 12.1 Å². The minimum absolute atomic E-state index is 0.0671. The molecule has 9 heteroatoms. The Labute approximate surface area is 121 Å². The molecule has 1 heterocycles. The molecule has 7 nitrogen and oxygen atoms in total. The molecule has 2 aromatic rings. The Morgan fingerprint density at radius 3 is 2.81 bits per heavy atom. The van der Waals surface area contributed by atoms with Crippen LogP contribution in [0.4, 0.5) is 4.39 Å². The van der Waals surface area contributed by atoms with Crippen LogP contribution in [-0.4, -0.2) is 34.8 Å². The van der Waals surface area contributed by atoms with Crippen LogP contribution in [0.2, 0.25) is 0 Å². The number of hydrogen-bond donors (Lipinski definition) is 2. The molecule has 0 radical (unpaired) electrons. The van der Waals surface area contributed by atoms with Crippen LogP contribution in [0.3, 0.4) is 0 Å². The Bertz CT molecular complexity index is 730. The number of nitrogens with zero attached hydrogens (tertiary/aromatic N) is 3. The molecular formula is C12H15FN4O3S. The van der Waals surface area contributed by atoms with Crippen LogP contribution >= 0.6 is 0 Å². The van der Waals surface area contributed by atoms with E-state index < -0.39 is 20.7 Å². The van der Waals surface area contributed by atoms with E-state index in [1.165, 1.54) is 12.4 Å². The van der Waals surface area contributed by atoms with Crippen molar-refractivity contribution in [3.8, 4) is 0 Å². The second kappa shape index (κ2) is 6.29. The molecule has 0 aliphatic heterocycles. The number of aromatic nitrogens is 3. The van der Waals surface area contributed by atoms with Gasteiger partial charge in [-0.15, -0.1) is 10.2 Å². The van der Waals surface area contributed by atoms with Gasteiger partial charge in [0.15, 0.2) is 0 Å². The Balaban J connectivity index is 2.10. The average molecular weight is 314 g/mol. The molecule has 0 saturated heterocycles. The molecule has 2 rings (SSSR count). The number of benzene rings is 1. The maximum atomic E-state index is 13.6. The Hall–Kier alpha value is -1.84. The Morgan fingerprint density at radius 1 is 1.43 bits per heavy atom. The quantitative estimate of drug-likeness (QED) is 0.780. The molecule has 0 saturated carbocycles. The predicted molar refractivity (Wildman–Crippen MR) is 72.2 cm³/mol. The summed E-state index contributed by atoms with van der Waals surface area (Å²) in [6, 6.07) is 3.46. The van der Waals surface area contributed by atoms with Crippen molar-refractivity contribution < 1.29 is 17.9 Å². The van der Waals surface area contributed by atoms with Crippen LogP contribution in [0.15, 0.2) is 29.4 Å². The lowest BCUT2D eigenvalue weighted by molar-refractivity contribution is 0.281. The highest BCUT2D eigenvalue weighted by Crippen LogP contribution is 2.16. The third-order valence-corrected chi connectivity index (χ3v) is 4.39. The first-order valence-electron chi connectivity index (χ1n) is 6.16. The van der Waals surface area contributed by atoms with Crippen LogP contribution in [-0.2, 0) is 30.1 Å². The number of nitrogens with one attached hydrogen (secondary N) is 1. The monoisotopic (exact) mass is 314 g/mol. The van der Waals surface area contributed by atoms with Gasteiger partial charge in [-0.1, -0.05) is 6.07 Å². The van der Waals surface area contributed by atoms with E-state index in [2.05, 4.69) is 14.9 Å². The molecule has 0 spiro atoms. The molecule has 1 aromatic carbocycles. The fourth-order valence-electron chi connectivity index (χ4n) is 1.76. The summed E-state index contributed by atoms with van der Waals surface area (Å²) >= 11 is 0. The summed E-state index contributed by atoms with van der Waals surface area (Å²) in [5, 5.41) is 16.5. The summed E-state index contributed by atoms with van der Waals surface area (Å²) in [6.45, 7) is -0.292. The van der Waals surface area contributed by atoms with Crippen molar-refractivity contribution in [3.05, 3.63) is 41.7 Å². The molecule has 1 aromatic heterocycles. The topological polar surface area (TPSA) is 97.1 Å².